The summed E-state index contributed by atoms with van der Waals surface area (Å²) in [5, 5.41) is 23.0. The van der Waals surface area contributed by atoms with Gasteiger partial charge in [-0.2, -0.15) is 5.26 Å². The molecule has 1 heterocycles. The number of nitriles is 1. The molecule has 5 rings (SSSR count). The molecule has 0 bridgehead atoms. The Hall–Kier alpha value is -4.32. The molecular weight excluding hydrogens is 587 g/mol. The Bertz CT molecular complexity index is 1770. The molecular formula is C33H30Cl2N4O4. The second kappa shape index (κ2) is 11.4. The highest BCUT2D eigenvalue weighted by Gasteiger charge is 2.45. The molecule has 43 heavy (non-hydrogen) atoms. The van der Waals surface area contributed by atoms with E-state index in [1.165, 1.54) is 18.2 Å². The van der Waals surface area contributed by atoms with Gasteiger partial charge in [0.2, 0.25) is 0 Å². The predicted octanol–water partition coefficient (Wildman–Crippen LogP) is 8.04. The lowest BCUT2D eigenvalue weighted by molar-refractivity contribution is -0.384. The normalized spacial score (nSPS) is 17.9. The van der Waals surface area contributed by atoms with Gasteiger partial charge in [-0.3, -0.25) is 19.8 Å². The molecule has 0 saturated heterocycles. The molecule has 1 aliphatic carbocycles. The van der Waals surface area contributed by atoms with Crippen molar-refractivity contribution in [2.45, 2.75) is 53.1 Å². The van der Waals surface area contributed by atoms with Gasteiger partial charge in [0.1, 0.15) is 18.2 Å². The Balaban J connectivity index is 1.70. The van der Waals surface area contributed by atoms with Gasteiger partial charge >= 0.3 is 0 Å². The van der Waals surface area contributed by atoms with Gasteiger partial charge in [-0.05, 0) is 72.7 Å². The first-order valence-electron chi connectivity index (χ1n) is 13.7. The molecule has 0 aromatic heterocycles. The van der Waals surface area contributed by atoms with E-state index in [2.05, 4.69) is 6.07 Å². The number of aryl methyl sites for hydroxylation is 1. The van der Waals surface area contributed by atoms with Crippen LogP contribution in [0, 0.1) is 40.7 Å². The fourth-order valence-corrected chi connectivity index (χ4v) is 6.31. The highest BCUT2D eigenvalue weighted by atomic mass is 35.5. The minimum Gasteiger partial charge on any atom is -0.489 e. The summed E-state index contributed by atoms with van der Waals surface area (Å²) < 4.78 is 6.06. The molecule has 1 unspecified atom stereocenters. The maximum atomic E-state index is 14.0. The highest BCUT2D eigenvalue weighted by molar-refractivity contribution is 6.33. The van der Waals surface area contributed by atoms with Crippen LogP contribution in [0.25, 0.3) is 0 Å². The van der Waals surface area contributed by atoms with E-state index in [-0.39, 0.29) is 46.6 Å². The molecule has 220 valence electrons. The van der Waals surface area contributed by atoms with Crippen molar-refractivity contribution in [3.63, 3.8) is 0 Å². The number of nitrogens with zero attached hydrogens (tertiary/aromatic N) is 3. The van der Waals surface area contributed by atoms with Crippen molar-refractivity contribution in [2.24, 2.45) is 11.1 Å². The van der Waals surface area contributed by atoms with Crippen LogP contribution in [0.3, 0.4) is 0 Å². The van der Waals surface area contributed by atoms with Crippen LogP contribution in [0.5, 0.6) is 5.75 Å². The summed E-state index contributed by atoms with van der Waals surface area (Å²) in [5.41, 5.74) is 11.1. The van der Waals surface area contributed by atoms with Crippen LogP contribution in [0.15, 0.2) is 77.3 Å². The number of carbonyl (C=O) groups is 1. The molecule has 0 spiro atoms. The first-order valence-corrected chi connectivity index (χ1v) is 14.5. The van der Waals surface area contributed by atoms with Gasteiger partial charge in [-0.1, -0.05) is 54.7 Å². The lowest BCUT2D eigenvalue weighted by Crippen LogP contribution is -2.42. The second-order valence-electron chi connectivity index (χ2n) is 11.8. The molecule has 3 aromatic rings. The number of Topliss-reactive ketones (excluding diaryl/α,β-unsaturated/α-hetero) is 1. The maximum absolute atomic E-state index is 14.0. The number of ether oxygens (including phenoxy) is 1. The topological polar surface area (TPSA) is 122 Å². The van der Waals surface area contributed by atoms with Crippen molar-refractivity contribution in [3.8, 4) is 11.8 Å². The molecule has 1 atom stereocenters. The van der Waals surface area contributed by atoms with Gasteiger partial charge in [0.05, 0.1) is 33.2 Å². The quantitative estimate of drug-likeness (QED) is 0.219. The average Bonchev–Trinajstić information content (AvgIpc) is 2.93. The Kier molecular flexibility index (Phi) is 7.99. The summed E-state index contributed by atoms with van der Waals surface area (Å²) in [6, 6.07) is 17.4. The van der Waals surface area contributed by atoms with Crippen LogP contribution in [-0.2, 0) is 11.4 Å². The summed E-state index contributed by atoms with van der Waals surface area (Å²) in [7, 11) is 0. The van der Waals surface area contributed by atoms with Crippen LogP contribution in [0.2, 0.25) is 10.0 Å². The first-order chi connectivity index (χ1) is 20.3. The summed E-state index contributed by atoms with van der Waals surface area (Å²) >= 11 is 12.6. The fraction of sp³-hybridized carbons (Fsp3) is 0.273. The average molecular weight is 618 g/mol. The molecule has 0 fully saturated rings. The van der Waals surface area contributed by atoms with Crippen molar-refractivity contribution >= 4 is 40.4 Å². The van der Waals surface area contributed by atoms with Gasteiger partial charge in [0, 0.05) is 34.8 Å². The number of hydrogen-bond donors (Lipinski definition) is 1. The Morgan fingerprint density at radius 2 is 1.81 bits per heavy atom. The monoisotopic (exact) mass is 616 g/mol. The van der Waals surface area contributed by atoms with Crippen LogP contribution in [-0.4, -0.2) is 10.7 Å². The maximum Gasteiger partial charge on any atom is 0.271 e. The van der Waals surface area contributed by atoms with Crippen LogP contribution in [0.1, 0.15) is 54.9 Å². The van der Waals surface area contributed by atoms with Crippen molar-refractivity contribution in [1.82, 2.24) is 0 Å². The number of nitro groups is 1. The number of nitro benzene ring substituents is 1. The number of nitrogens with two attached hydrogens (primary N) is 1. The summed E-state index contributed by atoms with van der Waals surface area (Å²) in [6.45, 7) is 8.13. The SMILES string of the molecule is Cc1cc(COc2ccc(Cl)cc2)c(C)c(C2C(C#N)=C(N)N(c3cc([N+](=O)[O-])ccc3Cl)C3=C2C(=O)CC(C)(C)C3)c1. The van der Waals surface area contributed by atoms with Gasteiger partial charge in [-0.15, -0.1) is 0 Å². The molecule has 8 nitrogen and oxygen atoms in total. The number of rotatable bonds is 6. The van der Waals surface area contributed by atoms with Crippen molar-refractivity contribution in [2.75, 3.05) is 4.90 Å². The van der Waals surface area contributed by atoms with E-state index in [4.69, 9.17) is 33.7 Å². The molecule has 1 aliphatic heterocycles. The van der Waals surface area contributed by atoms with Crippen LogP contribution in [0.4, 0.5) is 11.4 Å². The lowest BCUT2D eigenvalue weighted by atomic mass is 9.68. The number of anilines is 1. The van der Waals surface area contributed by atoms with E-state index < -0.39 is 16.3 Å². The third-order valence-electron chi connectivity index (χ3n) is 7.98. The minimum atomic E-state index is -0.730. The minimum absolute atomic E-state index is 0.0824. The second-order valence-corrected chi connectivity index (χ2v) is 12.6. The number of non-ortho nitro benzene ring substituents is 1. The zero-order chi connectivity index (χ0) is 31.2. The summed E-state index contributed by atoms with van der Waals surface area (Å²) in [6.07, 6.45) is 0.718. The Morgan fingerprint density at radius 1 is 1.12 bits per heavy atom. The zero-order valence-electron chi connectivity index (χ0n) is 24.2. The number of allylic oxidation sites excluding steroid dienone is 3. The summed E-state index contributed by atoms with van der Waals surface area (Å²) in [4.78, 5) is 26.7. The van der Waals surface area contributed by atoms with E-state index in [0.717, 1.165) is 22.3 Å². The third-order valence-corrected chi connectivity index (χ3v) is 8.55. The van der Waals surface area contributed by atoms with Crippen molar-refractivity contribution in [3.05, 3.63) is 120 Å². The first kappa shape index (κ1) is 30.1. The highest BCUT2D eigenvalue weighted by Crippen LogP contribution is 2.52. The van der Waals surface area contributed by atoms with E-state index in [0.29, 0.717) is 28.5 Å². The fourth-order valence-electron chi connectivity index (χ4n) is 5.99. The van der Waals surface area contributed by atoms with Crippen LogP contribution < -0.4 is 15.4 Å². The largest absolute Gasteiger partial charge is 0.489 e. The Morgan fingerprint density at radius 3 is 2.47 bits per heavy atom. The number of benzene rings is 3. The van der Waals surface area contributed by atoms with Gasteiger partial charge in [-0.25, -0.2) is 0 Å². The molecule has 2 aliphatic rings. The summed E-state index contributed by atoms with van der Waals surface area (Å²) in [5.74, 6) is -0.0982. The zero-order valence-corrected chi connectivity index (χ0v) is 25.7. The predicted molar refractivity (Wildman–Crippen MR) is 167 cm³/mol. The van der Waals surface area contributed by atoms with Crippen molar-refractivity contribution < 1.29 is 14.5 Å². The molecule has 10 heteroatoms. The van der Waals surface area contributed by atoms with Gasteiger partial charge < -0.3 is 10.5 Å². The molecule has 0 saturated carbocycles. The van der Waals surface area contributed by atoms with Crippen LogP contribution >= 0.6 is 23.2 Å². The number of ketones is 1. The number of halogens is 2. The van der Waals surface area contributed by atoms with Gasteiger partial charge in [0.25, 0.3) is 5.69 Å². The number of hydrogen-bond acceptors (Lipinski definition) is 7. The standard InChI is InChI=1S/C33H30Cl2N4O4/c1-18-11-20(17-43-23-8-5-21(34)6-9-23)19(2)24(12-18)30-25(16-36)32(37)38(27-13-22(39(41)42)7-10-26(27)35)28-14-33(3,4)15-29(40)31(28)30/h5-13,30H,14-15,17,37H2,1-4H3. The van der Waals surface area contributed by atoms with E-state index in [9.17, 15) is 20.2 Å². The lowest BCUT2D eigenvalue weighted by Gasteiger charge is -2.44. The van der Waals surface area contributed by atoms with Crippen molar-refractivity contribution in [1.29, 1.82) is 5.26 Å². The molecule has 0 amide bonds. The van der Waals surface area contributed by atoms with E-state index >= 15 is 0 Å². The van der Waals surface area contributed by atoms with Gasteiger partial charge in [0.15, 0.2) is 5.78 Å². The third kappa shape index (κ3) is 5.71. The van der Waals surface area contributed by atoms with E-state index in [1.54, 1.807) is 29.2 Å². The van der Waals surface area contributed by atoms with E-state index in [1.807, 2.05) is 39.8 Å². The molecule has 2 N–H and O–H groups in total. The smallest absolute Gasteiger partial charge is 0.271 e. The molecule has 3 aromatic carbocycles. The number of carbonyl (C=O) groups excluding carboxylic acids is 1. The Labute approximate surface area is 260 Å². The molecule has 0 radical (unpaired) electrons.